The topological polar surface area (TPSA) is 98.7 Å². The van der Waals surface area contributed by atoms with Gasteiger partial charge in [-0.1, -0.05) is 6.92 Å². The Balaban J connectivity index is 4.26. The SMILES string of the molecule is COC(=O)C(CO)NC(=O)/C=C(/C)[O-]. The Morgan fingerprint density at radius 2 is 2.21 bits per heavy atom. The van der Waals surface area contributed by atoms with Crippen LogP contribution >= 0.6 is 0 Å². The number of nitrogens with one attached hydrogen (secondary N) is 1. The zero-order valence-corrected chi connectivity index (χ0v) is 7.94. The first-order valence-electron chi connectivity index (χ1n) is 3.85. The van der Waals surface area contributed by atoms with E-state index in [-0.39, 0.29) is 0 Å². The molecular formula is C8H12NO5-. The summed E-state index contributed by atoms with van der Waals surface area (Å²) >= 11 is 0. The Morgan fingerprint density at radius 3 is 2.57 bits per heavy atom. The maximum atomic E-state index is 10.9. The molecule has 6 heteroatoms. The number of amides is 1. The van der Waals surface area contributed by atoms with Gasteiger partial charge in [-0.05, 0) is 6.08 Å². The van der Waals surface area contributed by atoms with Crippen molar-refractivity contribution in [1.82, 2.24) is 5.32 Å². The minimum Gasteiger partial charge on any atom is -0.875 e. The number of rotatable bonds is 4. The summed E-state index contributed by atoms with van der Waals surface area (Å²) in [6.45, 7) is 0.621. The number of aliphatic hydroxyl groups is 1. The average molecular weight is 202 g/mol. The van der Waals surface area contributed by atoms with Crippen molar-refractivity contribution in [3.8, 4) is 0 Å². The molecule has 1 amide bonds. The van der Waals surface area contributed by atoms with Crippen molar-refractivity contribution in [2.24, 2.45) is 0 Å². The van der Waals surface area contributed by atoms with Crippen LogP contribution in [0.1, 0.15) is 6.92 Å². The van der Waals surface area contributed by atoms with E-state index in [1.807, 2.05) is 0 Å². The first kappa shape index (κ1) is 12.4. The van der Waals surface area contributed by atoms with Gasteiger partial charge in [0.05, 0.1) is 13.7 Å². The number of ether oxygens (including phenoxy) is 1. The van der Waals surface area contributed by atoms with E-state index in [2.05, 4.69) is 10.1 Å². The fourth-order valence-corrected chi connectivity index (χ4v) is 0.719. The molecule has 0 saturated carbocycles. The summed E-state index contributed by atoms with van der Waals surface area (Å²) in [5.74, 6) is -1.94. The normalized spacial score (nSPS) is 13.2. The van der Waals surface area contributed by atoms with Gasteiger partial charge < -0.3 is 20.3 Å². The molecule has 0 radical (unpaired) electrons. The second-order valence-electron chi connectivity index (χ2n) is 2.52. The van der Waals surface area contributed by atoms with Crippen LogP contribution in [0, 0.1) is 0 Å². The zero-order valence-electron chi connectivity index (χ0n) is 7.94. The van der Waals surface area contributed by atoms with E-state index in [1.165, 1.54) is 6.92 Å². The van der Waals surface area contributed by atoms with E-state index >= 15 is 0 Å². The van der Waals surface area contributed by atoms with Crippen LogP contribution in [0.2, 0.25) is 0 Å². The van der Waals surface area contributed by atoms with Crippen LogP contribution in [-0.4, -0.2) is 36.7 Å². The molecule has 0 fully saturated rings. The molecule has 1 unspecified atom stereocenters. The zero-order chi connectivity index (χ0) is 11.1. The highest BCUT2D eigenvalue weighted by atomic mass is 16.5. The third kappa shape index (κ3) is 4.46. The maximum absolute atomic E-state index is 10.9. The van der Waals surface area contributed by atoms with Gasteiger partial charge in [-0.3, -0.25) is 4.79 Å². The summed E-state index contributed by atoms with van der Waals surface area (Å²) in [4.78, 5) is 21.8. The Labute approximate surface area is 81.2 Å². The van der Waals surface area contributed by atoms with Gasteiger partial charge in [-0.25, -0.2) is 4.79 Å². The van der Waals surface area contributed by atoms with Crippen molar-refractivity contribution in [3.63, 3.8) is 0 Å². The van der Waals surface area contributed by atoms with Gasteiger partial charge in [0.15, 0.2) is 6.04 Å². The standard InChI is InChI=1S/C8H13NO5/c1-5(11)3-7(12)9-6(4-10)8(13)14-2/h3,6,10-11H,4H2,1-2H3,(H,9,12)/p-1/b5-3-. The molecule has 0 rings (SSSR count). The van der Waals surface area contributed by atoms with Crippen molar-refractivity contribution in [1.29, 1.82) is 0 Å². The van der Waals surface area contributed by atoms with E-state index in [0.29, 0.717) is 0 Å². The van der Waals surface area contributed by atoms with Crippen LogP contribution in [0.5, 0.6) is 0 Å². The molecule has 0 aromatic heterocycles. The predicted molar refractivity (Wildman–Crippen MR) is 44.8 cm³/mol. The maximum Gasteiger partial charge on any atom is 0.330 e. The smallest absolute Gasteiger partial charge is 0.330 e. The summed E-state index contributed by atoms with van der Waals surface area (Å²) in [5.41, 5.74) is 0. The number of hydrogen-bond acceptors (Lipinski definition) is 5. The molecule has 0 bridgehead atoms. The van der Waals surface area contributed by atoms with E-state index in [0.717, 1.165) is 13.2 Å². The summed E-state index contributed by atoms with van der Waals surface area (Å²) in [6.07, 6.45) is 0.783. The predicted octanol–water partition coefficient (Wildman–Crippen LogP) is -2.10. The second-order valence-corrected chi connectivity index (χ2v) is 2.52. The van der Waals surface area contributed by atoms with Crippen LogP contribution in [0.3, 0.4) is 0 Å². The van der Waals surface area contributed by atoms with Gasteiger partial charge in [-0.15, -0.1) is 5.76 Å². The molecular weight excluding hydrogens is 190 g/mol. The van der Waals surface area contributed by atoms with Crippen LogP contribution in [0.15, 0.2) is 11.8 Å². The molecule has 0 saturated heterocycles. The van der Waals surface area contributed by atoms with Gasteiger partial charge in [0.2, 0.25) is 5.91 Å². The Bertz CT molecular complexity index is 244. The first-order chi connectivity index (χ1) is 6.51. The van der Waals surface area contributed by atoms with Crippen LogP contribution in [-0.2, 0) is 14.3 Å². The van der Waals surface area contributed by atoms with Crippen molar-refractivity contribution in [2.75, 3.05) is 13.7 Å². The van der Waals surface area contributed by atoms with E-state index in [9.17, 15) is 14.7 Å². The lowest BCUT2D eigenvalue weighted by Gasteiger charge is -2.13. The highest BCUT2D eigenvalue weighted by molar-refractivity contribution is 5.91. The minimum absolute atomic E-state index is 0.441. The summed E-state index contributed by atoms with van der Waals surface area (Å²) < 4.78 is 4.30. The molecule has 0 aliphatic rings. The van der Waals surface area contributed by atoms with Crippen molar-refractivity contribution >= 4 is 11.9 Å². The van der Waals surface area contributed by atoms with Gasteiger partial charge in [0.25, 0.3) is 0 Å². The highest BCUT2D eigenvalue weighted by Crippen LogP contribution is 1.88. The average Bonchev–Trinajstić information content (AvgIpc) is 2.11. The number of methoxy groups -OCH3 is 1. The first-order valence-corrected chi connectivity index (χ1v) is 3.85. The quantitative estimate of drug-likeness (QED) is 0.309. The van der Waals surface area contributed by atoms with Gasteiger partial charge >= 0.3 is 5.97 Å². The lowest BCUT2D eigenvalue weighted by molar-refractivity contribution is -0.301. The third-order valence-corrected chi connectivity index (χ3v) is 1.32. The lowest BCUT2D eigenvalue weighted by Crippen LogP contribution is -2.43. The summed E-state index contributed by atoms with van der Waals surface area (Å²) in [6, 6.07) is -1.14. The van der Waals surface area contributed by atoms with Gasteiger partial charge in [0.1, 0.15) is 0 Å². The fourth-order valence-electron chi connectivity index (χ4n) is 0.719. The molecule has 0 heterocycles. The van der Waals surface area contributed by atoms with Gasteiger partial charge in [-0.2, -0.15) is 0 Å². The minimum atomic E-state index is -1.14. The van der Waals surface area contributed by atoms with Crippen molar-refractivity contribution in [3.05, 3.63) is 11.8 Å². The third-order valence-electron chi connectivity index (χ3n) is 1.32. The molecule has 6 nitrogen and oxygen atoms in total. The Hall–Kier alpha value is -1.56. The molecule has 0 aromatic carbocycles. The van der Waals surface area contributed by atoms with Crippen LogP contribution in [0.25, 0.3) is 0 Å². The second kappa shape index (κ2) is 5.98. The number of hydrogen-bond donors (Lipinski definition) is 2. The number of allylic oxidation sites excluding steroid dienone is 1. The van der Waals surface area contributed by atoms with E-state index in [4.69, 9.17) is 5.11 Å². The molecule has 1 atom stereocenters. The molecule has 0 spiro atoms. The fraction of sp³-hybridized carbons (Fsp3) is 0.500. The highest BCUT2D eigenvalue weighted by Gasteiger charge is 2.18. The van der Waals surface area contributed by atoms with Crippen molar-refractivity contribution < 1.29 is 24.5 Å². The molecule has 14 heavy (non-hydrogen) atoms. The van der Waals surface area contributed by atoms with Gasteiger partial charge in [0, 0.05) is 0 Å². The largest absolute Gasteiger partial charge is 0.875 e. The Kier molecular flexibility index (Phi) is 5.31. The monoisotopic (exact) mass is 202 g/mol. The number of esters is 1. The van der Waals surface area contributed by atoms with E-state index < -0.39 is 30.3 Å². The molecule has 0 aromatic rings. The van der Waals surface area contributed by atoms with Crippen LogP contribution < -0.4 is 10.4 Å². The van der Waals surface area contributed by atoms with E-state index in [1.54, 1.807) is 0 Å². The molecule has 2 N–H and O–H groups in total. The molecule has 0 aliphatic carbocycles. The lowest BCUT2D eigenvalue weighted by atomic mass is 10.3. The summed E-state index contributed by atoms with van der Waals surface area (Å²) in [5, 5.41) is 21.3. The number of aliphatic hydroxyl groups excluding tert-OH is 1. The number of carbonyl (C=O) groups is 2. The Morgan fingerprint density at radius 1 is 1.64 bits per heavy atom. The molecule has 0 aliphatic heterocycles. The van der Waals surface area contributed by atoms with Crippen molar-refractivity contribution in [2.45, 2.75) is 13.0 Å². The van der Waals surface area contributed by atoms with Crippen LogP contribution in [0.4, 0.5) is 0 Å². The number of carbonyl (C=O) groups excluding carboxylic acids is 2. The molecule has 80 valence electrons. The summed E-state index contributed by atoms with van der Waals surface area (Å²) in [7, 11) is 1.13.